The fourth-order valence-corrected chi connectivity index (χ4v) is 2.84. The van der Waals surface area contributed by atoms with Crippen molar-refractivity contribution in [2.75, 3.05) is 26.3 Å². The van der Waals surface area contributed by atoms with Gasteiger partial charge in [0.05, 0.1) is 24.0 Å². The van der Waals surface area contributed by atoms with E-state index in [1.54, 1.807) is 0 Å². The number of likely N-dealkylation sites (tertiary alicyclic amines) is 1. The minimum absolute atomic E-state index is 0.0463. The maximum atomic E-state index is 12.4. The Morgan fingerprint density at radius 2 is 2.00 bits per heavy atom. The van der Waals surface area contributed by atoms with Crippen LogP contribution in [0.3, 0.4) is 0 Å². The third-order valence-corrected chi connectivity index (χ3v) is 4.09. The average molecular weight is 312 g/mol. The molecule has 0 aliphatic carbocycles. The van der Waals surface area contributed by atoms with Crippen LogP contribution < -0.4 is 4.74 Å². The van der Waals surface area contributed by atoms with Gasteiger partial charge in [-0.2, -0.15) is 0 Å². The number of amides is 1. The SMILES string of the molecule is O=C(C1CCOCC1)N1CCC(Oc2ncc(Cl)cn2)C1. The molecule has 7 heteroatoms. The van der Waals surface area contributed by atoms with Crippen molar-refractivity contribution in [3.63, 3.8) is 0 Å². The molecule has 1 amide bonds. The molecule has 6 nitrogen and oxygen atoms in total. The minimum atomic E-state index is -0.0463. The van der Waals surface area contributed by atoms with Crippen molar-refractivity contribution in [2.45, 2.75) is 25.4 Å². The summed E-state index contributed by atoms with van der Waals surface area (Å²) in [4.78, 5) is 22.3. The number of nitrogens with zero attached hydrogens (tertiary/aromatic N) is 3. The van der Waals surface area contributed by atoms with Gasteiger partial charge in [0.15, 0.2) is 0 Å². The fourth-order valence-electron chi connectivity index (χ4n) is 2.74. The molecule has 1 aromatic rings. The highest BCUT2D eigenvalue weighted by molar-refractivity contribution is 6.30. The Morgan fingerprint density at radius 1 is 1.29 bits per heavy atom. The topological polar surface area (TPSA) is 64.5 Å². The quantitative estimate of drug-likeness (QED) is 0.847. The third kappa shape index (κ3) is 3.63. The van der Waals surface area contributed by atoms with Crippen LogP contribution in [0.1, 0.15) is 19.3 Å². The highest BCUT2D eigenvalue weighted by Crippen LogP contribution is 2.22. The zero-order valence-electron chi connectivity index (χ0n) is 11.7. The molecule has 3 rings (SSSR count). The van der Waals surface area contributed by atoms with Crippen molar-refractivity contribution in [1.29, 1.82) is 0 Å². The van der Waals surface area contributed by atoms with Gasteiger partial charge in [0.1, 0.15) is 6.10 Å². The molecule has 0 bridgehead atoms. The van der Waals surface area contributed by atoms with Crippen LogP contribution >= 0.6 is 11.6 Å². The van der Waals surface area contributed by atoms with E-state index in [0.29, 0.717) is 30.8 Å². The second-order valence-corrected chi connectivity index (χ2v) is 5.82. The molecule has 1 atom stereocenters. The third-order valence-electron chi connectivity index (χ3n) is 3.90. The van der Waals surface area contributed by atoms with Gasteiger partial charge in [-0.15, -0.1) is 0 Å². The van der Waals surface area contributed by atoms with E-state index in [2.05, 4.69) is 9.97 Å². The molecule has 0 radical (unpaired) electrons. The number of carbonyl (C=O) groups excluding carboxylic acids is 1. The predicted molar refractivity (Wildman–Crippen MR) is 76.2 cm³/mol. The summed E-state index contributed by atoms with van der Waals surface area (Å²) in [5, 5.41) is 0.477. The summed E-state index contributed by atoms with van der Waals surface area (Å²) >= 11 is 5.74. The minimum Gasteiger partial charge on any atom is -0.458 e. The van der Waals surface area contributed by atoms with Gasteiger partial charge >= 0.3 is 6.01 Å². The number of hydrogen-bond acceptors (Lipinski definition) is 5. The number of aromatic nitrogens is 2. The zero-order chi connectivity index (χ0) is 14.7. The lowest BCUT2D eigenvalue weighted by atomic mass is 9.99. The second-order valence-electron chi connectivity index (χ2n) is 5.38. The van der Waals surface area contributed by atoms with Gasteiger partial charge in [-0.05, 0) is 12.8 Å². The summed E-state index contributed by atoms with van der Waals surface area (Å²) in [7, 11) is 0. The fraction of sp³-hybridized carbons (Fsp3) is 0.643. The Morgan fingerprint density at radius 3 is 2.71 bits per heavy atom. The maximum absolute atomic E-state index is 12.4. The molecule has 0 N–H and O–H groups in total. The number of hydrogen-bond donors (Lipinski definition) is 0. The smallest absolute Gasteiger partial charge is 0.316 e. The molecule has 21 heavy (non-hydrogen) atoms. The monoisotopic (exact) mass is 311 g/mol. The number of rotatable bonds is 3. The van der Waals surface area contributed by atoms with E-state index in [-0.39, 0.29) is 17.9 Å². The van der Waals surface area contributed by atoms with E-state index in [1.165, 1.54) is 12.4 Å². The lowest BCUT2D eigenvalue weighted by Gasteiger charge is -2.26. The summed E-state index contributed by atoms with van der Waals surface area (Å²) in [6.07, 6.45) is 5.41. The van der Waals surface area contributed by atoms with E-state index in [0.717, 1.165) is 25.8 Å². The molecule has 2 fully saturated rings. The maximum Gasteiger partial charge on any atom is 0.316 e. The number of halogens is 1. The summed E-state index contributed by atoms with van der Waals surface area (Å²) in [6, 6.07) is 0.310. The molecule has 2 aliphatic rings. The van der Waals surface area contributed by atoms with Crippen LogP contribution in [0.25, 0.3) is 0 Å². The van der Waals surface area contributed by atoms with E-state index in [4.69, 9.17) is 21.1 Å². The van der Waals surface area contributed by atoms with Crippen LogP contribution in [-0.2, 0) is 9.53 Å². The van der Waals surface area contributed by atoms with Crippen LogP contribution in [0.15, 0.2) is 12.4 Å². The average Bonchev–Trinajstić information content (AvgIpc) is 2.98. The Labute approximate surface area is 128 Å². The molecule has 2 aliphatic heterocycles. The molecule has 114 valence electrons. The summed E-state index contributed by atoms with van der Waals surface area (Å²) < 4.78 is 11.0. The van der Waals surface area contributed by atoms with Crippen molar-refractivity contribution in [3.05, 3.63) is 17.4 Å². The van der Waals surface area contributed by atoms with Gasteiger partial charge in [-0.25, -0.2) is 9.97 Å². The van der Waals surface area contributed by atoms with Crippen LogP contribution in [0, 0.1) is 5.92 Å². The number of carbonyl (C=O) groups is 1. The van der Waals surface area contributed by atoms with Gasteiger partial charge in [0.2, 0.25) is 5.91 Å². The van der Waals surface area contributed by atoms with Crippen molar-refractivity contribution in [3.8, 4) is 6.01 Å². The van der Waals surface area contributed by atoms with Gasteiger partial charge in [0.25, 0.3) is 0 Å². The summed E-state index contributed by atoms with van der Waals surface area (Å²) in [5.74, 6) is 0.325. The molecular formula is C14H18ClN3O3. The van der Waals surface area contributed by atoms with Crippen LogP contribution in [0.2, 0.25) is 5.02 Å². The first-order chi connectivity index (χ1) is 10.2. The largest absolute Gasteiger partial charge is 0.458 e. The van der Waals surface area contributed by atoms with Crippen molar-refractivity contribution in [1.82, 2.24) is 14.9 Å². The molecule has 0 aromatic carbocycles. The first kappa shape index (κ1) is 14.5. The highest BCUT2D eigenvalue weighted by Gasteiger charge is 2.32. The molecule has 0 spiro atoms. The molecule has 1 unspecified atom stereocenters. The van der Waals surface area contributed by atoms with Gasteiger partial charge in [0, 0.05) is 32.1 Å². The molecular weight excluding hydrogens is 294 g/mol. The van der Waals surface area contributed by atoms with Crippen LogP contribution in [0.5, 0.6) is 6.01 Å². The molecule has 1 aromatic heterocycles. The molecule has 2 saturated heterocycles. The summed E-state index contributed by atoms with van der Waals surface area (Å²) in [5.41, 5.74) is 0. The van der Waals surface area contributed by atoms with E-state index in [9.17, 15) is 4.79 Å². The Hall–Kier alpha value is -1.40. The standard InChI is InChI=1S/C14H18ClN3O3/c15-11-7-16-14(17-8-11)21-12-1-4-18(9-12)13(19)10-2-5-20-6-3-10/h7-8,10,12H,1-6,9H2. The lowest BCUT2D eigenvalue weighted by Crippen LogP contribution is -2.38. The van der Waals surface area contributed by atoms with E-state index in [1.807, 2.05) is 4.90 Å². The van der Waals surface area contributed by atoms with Gasteiger partial charge < -0.3 is 14.4 Å². The van der Waals surface area contributed by atoms with Crippen LogP contribution in [0.4, 0.5) is 0 Å². The normalized spacial score (nSPS) is 23.3. The van der Waals surface area contributed by atoms with Crippen molar-refractivity contribution >= 4 is 17.5 Å². The lowest BCUT2D eigenvalue weighted by molar-refractivity contribution is -0.137. The number of ether oxygens (including phenoxy) is 2. The Balaban J connectivity index is 1.52. The molecule has 0 saturated carbocycles. The second kappa shape index (κ2) is 6.58. The summed E-state index contributed by atoms with van der Waals surface area (Å²) in [6.45, 7) is 2.70. The Kier molecular flexibility index (Phi) is 4.55. The van der Waals surface area contributed by atoms with Crippen molar-refractivity contribution in [2.24, 2.45) is 5.92 Å². The Bertz CT molecular complexity index is 491. The first-order valence-electron chi connectivity index (χ1n) is 7.23. The van der Waals surface area contributed by atoms with Gasteiger partial charge in [-0.3, -0.25) is 4.79 Å². The van der Waals surface area contributed by atoms with Crippen molar-refractivity contribution < 1.29 is 14.3 Å². The van der Waals surface area contributed by atoms with Crippen LogP contribution in [-0.4, -0.2) is 53.2 Å². The first-order valence-corrected chi connectivity index (χ1v) is 7.61. The van der Waals surface area contributed by atoms with E-state index >= 15 is 0 Å². The zero-order valence-corrected chi connectivity index (χ0v) is 12.5. The molecule has 3 heterocycles. The highest BCUT2D eigenvalue weighted by atomic mass is 35.5. The van der Waals surface area contributed by atoms with E-state index < -0.39 is 0 Å². The predicted octanol–water partition coefficient (Wildman–Crippen LogP) is 1.54. The van der Waals surface area contributed by atoms with Gasteiger partial charge in [-0.1, -0.05) is 11.6 Å².